The monoisotopic (exact) mass is 338 g/mol. The highest BCUT2D eigenvalue weighted by molar-refractivity contribution is 6.35. The summed E-state index contributed by atoms with van der Waals surface area (Å²) in [6.45, 7) is 1.76. The summed E-state index contributed by atoms with van der Waals surface area (Å²) in [6, 6.07) is 5.52. The van der Waals surface area contributed by atoms with Crippen LogP contribution in [-0.4, -0.2) is 9.55 Å². The van der Waals surface area contributed by atoms with Gasteiger partial charge >= 0.3 is 0 Å². The molecule has 3 rings (SSSR count). The zero-order chi connectivity index (χ0) is 16.7. The Bertz CT molecular complexity index is 985. The van der Waals surface area contributed by atoms with Crippen LogP contribution in [0.1, 0.15) is 12.7 Å². The average Bonchev–Trinajstić information content (AvgIpc) is 2.53. The topological polar surface area (TPSA) is 34.9 Å². The molecule has 1 heterocycles. The fourth-order valence-electron chi connectivity index (χ4n) is 2.38. The zero-order valence-corrected chi connectivity index (χ0v) is 12.7. The van der Waals surface area contributed by atoms with Gasteiger partial charge in [-0.05, 0) is 24.3 Å². The smallest absolute Gasteiger partial charge is 0.267 e. The molecule has 0 saturated heterocycles. The summed E-state index contributed by atoms with van der Waals surface area (Å²) in [5.74, 6) is -2.55. The predicted molar refractivity (Wildman–Crippen MR) is 81.6 cm³/mol. The molecule has 1 aromatic heterocycles. The van der Waals surface area contributed by atoms with E-state index in [0.29, 0.717) is 12.2 Å². The number of hydrogen-bond donors (Lipinski definition) is 0. The highest BCUT2D eigenvalue weighted by Gasteiger charge is 2.17. The predicted octanol–water partition coefficient (Wildman–Crippen LogP) is 4.02. The van der Waals surface area contributed by atoms with Gasteiger partial charge < -0.3 is 0 Å². The van der Waals surface area contributed by atoms with Crippen LogP contribution >= 0.6 is 11.6 Å². The quantitative estimate of drug-likeness (QED) is 0.707. The normalized spacial score (nSPS) is 11.2. The summed E-state index contributed by atoms with van der Waals surface area (Å²) in [5.41, 5.74) is -0.292. The van der Waals surface area contributed by atoms with Gasteiger partial charge in [-0.2, -0.15) is 0 Å². The number of fused-ring (bicyclic) bond motifs is 1. The van der Waals surface area contributed by atoms with E-state index >= 15 is 0 Å². The van der Waals surface area contributed by atoms with Crippen molar-refractivity contribution < 1.29 is 13.2 Å². The van der Waals surface area contributed by atoms with Gasteiger partial charge in [-0.15, -0.1) is 0 Å². The van der Waals surface area contributed by atoms with Crippen LogP contribution in [0.3, 0.4) is 0 Å². The van der Waals surface area contributed by atoms with Crippen molar-refractivity contribution in [2.45, 2.75) is 13.3 Å². The van der Waals surface area contributed by atoms with E-state index in [2.05, 4.69) is 4.98 Å². The van der Waals surface area contributed by atoms with E-state index in [0.717, 1.165) is 22.8 Å². The minimum absolute atomic E-state index is 0.0977. The Morgan fingerprint density at radius 1 is 1.09 bits per heavy atom. The second-order valence-electron chi connectivity index (χ2n) is 4.88. The third-order valence-electron chi connectivity index (χ3n) is 3.48. The lowest BCUT2D eigenvalue weighted by atomic mass is 10.2. The minimum atomic E-state index is -1.10. The second kappa shape index (κ2) is 5.70. The Balaban J connectivity index is 2.43. The molecule has 0 unspecified atom stereocenters. The summed E-state index contributed by atoms with van der Waals surface area (Å²) >= 11 is 5.88. The van der Waals surface area contributed by atoms with E-state index in [4.69, 9.17) is 11.6 Å². The summed E-state index contributed by atoms with van der Waals surface area (Å²) in [6.07, 6.45) is 0.360. The molecule has 0 aliphatic rings. The first-order valence-corrected chi connectivity index (χ1v) is 7.17. The Labute approximate surface area is 134 Å². The van der Waals surface area contributed by atoms with Gasteiger partial charge in [0.25, 0.3) is 5.56 Å². The van der Waals surface area contributed by atoms with E-state index < -0.39 is 23.0 Å². The fraction of sp³-hybridized carbons (Fsp3) is 0.125. The zero-order valence-electron chi connectivity index (χ0n) is 11.9. The highest BCUT2D eigenvalue weighted by Crippen LogP contribution is 2.24. The van der Waals surface area contributed by atoms with Gasteiger partial charge in [0.15, 0.2) is 11.6 Å². The molecule has 0 aliphatic carbocycles. The fourth-order valence-corrected chi connectivity index (χ4v) is 2.62. The van der Waals surface area contributed by atoms with Gasteiger partial charge in [0.2, 0.25) is 0 Å². The first kappa shape index (κ1) is 15.6. The molecule has 0 fully saturated rings. The molecule has 23 heavy (non-hydrogen) atoms. The van der Waals surface area contributed by atoms with E-state index in [-0.39, 0.29) is 21.6 Å². The van der Waals surface area contributed by atoms with Crippen molar-refractivity contribution in [3.8, 4) is 5.69 Å². The molecule has 0 saturated carbocycles. The van der Waals surface area contributed by atoms with Crippen LogP contribution in [0.5, 0.6) is 0 Å². The number of halogens is 4. The summed E-state index contributed by atoms with van der Waals surface area (Å²) in [5, 5.41) is -0.451. The minimum Gasteiger partial charge on any atom is -0.268 e. The first-order chi connectivity index (χ1) is 10.9. The lowest BCUT2D eigenvalue weighted by molar-refractivity contribution is 0.507. The van der Waals surface area contributed by atoms with Crippen molar-refractivity contribution in [3.05, 3.63) is 69.0 Å². The maximum atomic E-state index is 13.6. The molecule has 3 nitrogen and oxygen atoms in total. The molecule has 2 aromatic carbocycles. The molecule has 0 N–H and O–H groups in total. The molecular weight excluding hydrogens is 329 g/mol. The van der Waals surface area contributed by atoms with Crippen LogP contribution in [0.4, 0.5) is 13.2 Å². The van der Waals surface area contributed by atoms with Crippen LogP contribution in [0, 0.1) is 17.5 Å². The Hall–Kier alpha value is -2.34. The first-order valence-electron chi connectivity index (χ1n) is 6.79. The third-order valence-corrected chi connectivity index (χ3v) is 3.84. The SMILES string of the molecule is CCc1nc2ccc(F)c(Cl)c2c(=O)n1-c1ccc(F)c(F)c1. The largest absolute Gasteiger partial charge is 0.268 e. The molecule has 118 valence electrons. The van der Waals surface area contributed by atoms with Crippen molar-refractivity contribution >= 4 is 22.5 Å². The van der Waals surface area contributed by atoms with Gasteiger partial charge in [-0.25, -0.2) is 18.2 Å². The maximum Gasteiger partial charge on any atom is 0.267 e. The number of nitrogens with zero attached hydrogens (tertiary/aromatic N) is 2. The molecular formula is C16H10ClF3N2O. The number of aryl methyl sites for hydroxylation is 1. The van der Waals surface area contributed by atoms with Crippen molar-refractivity contribution in [1.82, 2.24) is 9.55 Å². The van der Waals surface area contributed by atoms with Crippen molar-refractivity contribution in [2.75, 3.05) is 0 Å². The van der Waals surface area contributed by atoms with Gasteiger partial charge in [0, 0.05) is 12.5 Å². The lowest BCUT2D eigenvalue weighted by Crippen LogP contribution is -2.24. The van der Waals surface area contributed by atoms with Crippen molar-refractivity contribution in [2.24, 2.45) is 0 Å². The molecule has 7 heteroatoms. The summed E-state index contributed by atoms with van der Waals surface area (Å²) < 4.78 is 41.4. The van der Waals surface area contributed by atoms with E-state index in [1.54, 1.807) is 6.92 Å². The van der Waals surface area contributed by atoms with Gasteiger partial charge in [-0.1, -0.05) is 18.5 Å². The van der Waals surface area contributed by atoms with Gasteiger partial charge in [-0.3, -0.25) is 9.36 Å². The standard InChI is InChI=1S/C16H10ClF3N2O/c1-2-13-21-12-6-5-10(19)15(17)14(12)16(23)22(13)8-3-4-9(18)11(20)7-8/h3-7H,2H2,1H3. The molecule has 0 spiro atoms. The maximum absolute atomic E-state index is 13.6. The van der Waals surface area contributed by atoms with E-state index in [1.807, 2.05) is 0 Å². The summed E-state index contributed by atoms with van der Waals surface area (Å²) in [7, 11) is 0. The Morgan fingerprint density at radius 2 is 1.78 bits per heavy atom. The molecule has 0 aliphatic heterocycles. The Kier molecular flexibility index (Phi) is 3.85. The van der Waals surface area contributed by atoms with Gasteiger partial charge in [0.1, 0.15) is 11.6 Å². The Morgan fingerprint density at radius 3 is 2.43 bits per heavy atom. The lowest BCUT2D eigenvalue weighted by Gasteiger charge is -2.13. The van der Waals surface area contributed by atoms with E-state index in [1.165, 1.54) is 12.1 Å². The number of hydrogen-bond acceptors (Lipinski definition) is 2. The third kappa shape index (κ3) is 2.49. The highest BCUT2D eigenvalue weighted by atomic mass is 35.5. The average molecular weight is 339 g/mol. The molecule has 0 radical (unpaired) electrons. The summed E-state index contributed by atoms with van der Waals surface area (Å²) in [4.78, 5) is 17.0. The number of aromatic nitrogens is 2. The van der Waals surface area contributed by atoms with Crippen molar-refractivity contribution in [3.63, 3.8) is 0 Å². The number of benzene rings is 2. The van der Waals surface area contributed by atoms with Gasteiger partial charge in [0.05, 0.1) is 21.6 Å². The molecule has 0 bridgehead atoms. The molecule has 3 aromatic rings. The number of rotatable bonds is 2. The van der Waals surface area contributed by atoms with Crippen molar-refractivity contribution in [1.29, 1.82) is 0 Å². The van der Waals surface area contributed by atoms with Crippen LogP contribution < -0.4 is 5.56 Å². The van der Waals surface area contributed by atoms with Crippen LogP contribution in [0.25, 0.3) is 16.6 Å². The molecule has 0 atom stereocenters. The van der Waals surface area contributed by atoms with Crippen LogP contribution in [0.2, 0.25) is 5.02 Å². The molecule has 0 amide bonds. The van der Waals surface area contributed by atoms with Crippen LogP contribution in [0.15, 0.2) is 35.1 Å². The second-order valence-corrected chi connectivity index (χ2v) is 5.25. The van der Waals surface area contributed by atoms with E-state index in [9.17, 15) is 18.0 Å². The van der Waals surface area contributed by atoms with Crippen LogP contribution in [-0.2, 0) is 6.42 Å².